The van der Waals surface area contributed by atoms with Gasteiger partial charge in [-0.05, 0) is 72.6 Å². The summed E-state index contributed by atoms with van der Waals surface area (Å²) in [7, 11) is 1.52. The van der Waals surface area contributed by atoms with E-state index in [0.29, 0.717) is 41.2 Å². The van der Waals surface area contributed by atoms with Gasteiger partial charge >= 0.3 is 5.97 Å². The van der Waals surface area contributed by atoms with E-state index in [1.54, 1.807) is 61.5 Å². The zero-order valence-electron chi connectivity index (χ0n) is 20.4. The number of carbonyl (C=O) groups is 3. The lowest BCUT2D eigenvalue weighted by molar-refractivity contribution is -0.132. The molecule has 1 fully saturated rings. The van der Waals surface area contributed by atoms with Crippen molar-refractivity contribution in [3.63, 3.8) is 0 Å². The topological polar surface area (TPSA) is 102 Å². The lowest BCUT2D eigenvalue weighted by Crippen LogP contribution is -2.29. The van der Waals surface area contributed by atoms with Gasteiger partial charge in [0.2, 0.25) is 0 Å². The van der Waals surface area contributed by atoms with Crippen LogP contribution in [0.15, 0.2) is 72.3 Å². The van der Waals surface area contributed by atoms with Gasteiger partial charge in [0.25, 0.3) is 11.7 Å². The molecule has 2 aliphatic heterocycles. The van der Waals surface area contributed by atoms with Gasteiger partial charge in [-0.25, -0.2) is 4.79 Å². The number of rotatable bonds is 6. The quantitative estimate of drug-likeness (QED) is 0.232. The number of amides is 1. The normalized spacial score (nSPS) is 17.9. The second-order valence-corrected chi connectivity index (χ2v) is 8.63. The third-order valence-electron chi connectivity index (χ3n) is 6.47. The minimum absolute atomic E-state index is 0.0356. The number of hydrogen-bond acceptors (Lipinski definition) is 7. The number of nitrogens with zero attached hydrogens (tertiary/aromatic N) is 1. The maximum absolute atomic E-state index is 13.4. The molecule has 0 radical (unpaired) electrons. The fourth-order valence-electron chi connectivity index (χ4n) is 4.69. The molecule has 0 spiro atoms. The van der Waals surface area contributed by atoms with E-state index in [0.717, 1.165) is 11.3 Å². The predicted molar refractivity (Wildman–Crippen MR) is 136 cm³/mol. The summed E-state index contributed by atoms with van der Waals surface area (Å²) in [6.07, 6.45) is 0.691. The molecule has 8 heteroatoms. The zero-order chi connectivity index (χ0) is 26.1. The first-order chi connectivity index (χ1) is 17.9. The van der Waals surface area contributed by atoms with Crippen LogP contribution < -0.4 is 14.4 Å². The number of methoxy groups -OCH3 is 1. The molecule has 1 atom stereocenters. The number of anilines is 1. The first kappa shape index (κ1) is 24.1. The Morgan fingerprint density at radius 1 is 1.05 bits per heavy atom. The minimum Gasteiger partial charge on any atom is -0.507 e. The van der Waals surface area contributed by atoms with Gasteiger partial charge in [0.05, 0.1) is 37.5 Å². The van der Waals surface area contributed by atoms with Gasteiger partial charge in [-0.15, -0.1) is 0 Å². The van der Waals surface area contributed by atoms with Crippen molar-refractivity contribution in [2.45, 2.75) is 19.4 Å². The van der Waals surface area contributed by atoms with Crippen molar-refractivity contribution in [1.29, 1.82) is 0 Å². The molecule has 188 valence electrons. The summed E-state index contributed by atoms with van der Waals surface area (Å²) in [6.45, 7) is 2.50. The molecule has 0 bridgehead atoms. The van der Waals surface area contributed by atoms with Gasteiger partial charge in [-0.3, -0.25) is 14.5 Å². The van der Waals surface area contributed by atoms with E-state index in [2.05, 4.69) is 0 Å². The number of hydrogen-bond donors (Lipinski definition) is 1. The number of Topliss-reactive ketones (excluding diaryl/α,β-unsaturated/α-hetero) is 1. The standard InChI is InChI=1S/C29H25NO7/c1-3-36-29(34)17-7-10-21(11-8-17)30-25(19-5-4-6-22(16-19)35-2)24(27(32)28(30)33)26(31)20-9-12-23-18(15-20)13-14-37-23/h4-12,15-16,25,31H,3,13-14H2,1-2H3/b26-24-. The Balaban J connectivity index is 1.64. The average Bonchev–Trinajstić information content (AvgIpc) is 3.50. The van der Waals surface area contributed by atoms with E-state index in [1.165, 1.54) is 24.1 Å². The predicted octanol–water partition coefficient (Wildman–Crippen LogP) is 4.43. The molecule has 0 aliphatic carbocycles. The molecule has 8 nitrogen and oxygen atoms in total. The van der Waals surface area contributed by atoms with Gasteiger partial charge in [0, 0.05) is 17.7 Å². The van der Waals surface area contributed by atoms with Gasteiger partial charge < -0.3 is 19.3 Å². The fraction of sp³-hybridized carbons (Fsp3) is 0.207. The van der Waals surface area contributed by atoms with Gasteiger partial charge in [0.15, 0.2) is 0 Å². The van der Waals surface area contributed by atoms with E-state index < -0.39 is 23.7 Å². The maximum atomic E-state index is 13.4. The van der Waals surface area contributed by atoms with Crippen LogP contribution in [0.5, 0.6) is 11.5 Å². The van der Waals surface area contributed by atoms with Crippen LogP contribution in [0.25, 0.3) is 5.76 Å². The van der Waals surface area contributed by atoms with Gasteiger partial charge in [0.1, 0.15) is 17.3 Å². The van der Waals surface area contributed by atoms with Crippen LogP contribution in [0.2, 0.25) is 0 Å². The number of aliphatic hydroxyl groups is 1. The van der Waals surface area contributed by atoms with Crippen molar-refractivity contribution < 1.29 is 33.7 Å². The molecule has 3 aromatic rings. The second kappa shape index (κ2) is 9.81. The molecule has 1 amide bonds. The van der Waals surface area contributed by atoms with Crippen molar-refractivity contribution >= 4 is 29.1 Å². The summed E-state index contributed by atoms with van der Waals surface area (Å²) in [4.78, 5) is 40.2. The molecule has 5 rings (SSSR count). The summed E-state index contributed by atoms with van der Waals surface area (Å²) in [5.41, 5.74) is 2.61. The summed E-state index contributed by atoms with van der Waals surface area (Å²) < 4.78 is 16.0. The highest BCUT2D eigenvalue weighted by atomic mass is 16.5. The highest BCUT2D eigenvalue weighted by Gasteiger charge is 2.47. The van der Waals surface area contributed by atoms with Crippen molar-refractivity contribution in [2.75, 3.05) is 25.2 Å². The first-order valence-electron chi connectivity index (χ1n) is 11.9. The molecule has 1 unspecified atom stereocenters. The molecule has 2 aliphatic rings. The number of carbonyl (C=O) groups excluding carboxylic acids is 3. The highest BCUT2D eigenvalue weighted by molar-refractivity contribution is 6.51. The second-order valence-electron chi connectivity index (χ2n) is 8.63. The molecular formula is C29H25NO7. The summed E-state index contributed by atoms with van der Waals surface area (Å²) in [5, 5.41) is 11.4. The number of benzene rings is 3. The van der Waals surface area contributed by atoms with Crippen LogP contribution in [-0.4, -0.2) is 43.1 Å². The summed E-state index contributed by atoms with van der Waals surface area (Å²) in [6, 6.07) is 17.5. The van der Waals surface area contributed by atoms with Gasteiger partial charge in [-0.1, -0.05) is 12.1 Å². The first-order valence-corrected chi connectivity index (χ1v) is 11.9. The summed E-state index contributed by atoms with van der Waals surface area (Å²) in [5.74, 6) is -1.08. The Morgan fingerprint density at radius 2 is 1.81 bits per heavy atom. The fourth-order valence-corrected chi connectivity index (χ4v) is 4.69. The van der Waals surface area contributed by atoms with Gasteiger partial charge in [-0.2, -0.15) is 0 Å². The van der Waals surface area contributed by atoms with E-state index >= 15 is 0 Å². The lowest BCUT2D eigenvalue weighted by Gasteiger charge is -2.26. The lowest BCUT2D eigenvalue weighted by atomic mass is 9.94. The molecule has 0 saturated carbocycles. The Bertz CT molecular complexity index is 1420. The largest absolute Gasteiger partial charge is 0.507 e. The average molecular weight is 500 g/mol. The van der Waals surface area contributed by atoms with E-state index in [1.807, 2.05) is 0 Å². The van der Waals surface area contributed by atoms with Crippen LogP contribution in [0.1, 0.15) is 40.0 Å². The molecule has 1 saturated heterocycles. The van der Waals surface area contributed by atoms with Crippen molar-refractivity contribution in [2.24, 2.45) is 0 Å². The van der Waals surface area contributed by atoms with Crippen molar-refractivity contribution in [3.05, 3.63) is 94.6 Å². The molecule has 0 aromatic heterocycles. The van der Waals surface area contributed by atoms with Crippen molar-refractivity contribution in [3.8, 4) is 11.5 Å². The van der Waals surface area contributed by atoms with Crippen LogP contribution in [-0.2, 0) is 20.7 Å². The Labute approximate surface area is 213 Å². The Hall–Kier alpha value is -4.59. The number of aliphatic hydroxyl groups excluding tert-OH is 1. The number of fused-ring (bicyclic) bond motifs is 1. The minimum atomic E-state index is -0.923. The highest BCUT2D eigenvalue weighted by Crippen LogP contribution is 2.43. The SMILES string of the molecule is CCOC(=O)c1ccc(N2C(=O)C(=O)/C(=C(\O)c3ccc4c(c3)CCO4)C2c2cccc(OC)c2)cc1. The van der Waals surface area contributed by atoms with E-state index in [-0.39, 0.29) is 17.9 Å². The van der Waals surface area contributed by atoms with E-state index in [4.69, 9.17) is 14.2 Å². The Kier molecular flexibility index (Phi) is 6.40. The van der Waals surface area contributed by atoms with Crippen molar-refractivity contribution in [1.82, 2.24) is 0 Å². The summed E-state index contributed by atoms with van der Waals surface area (Å²) >= 11 is 0. The van der Waals surface area contributed by atoms with Crippen LogP contribution in [0.4, 0.5) is 5.69 Å². The molecular weight excluding hydrogens is 474 g/mol. The Morgan fingerprint density at radius 3 is 2.54 bits per heavy atom. The molecule has 1 N–H and O–H groups in total. The number of esters is 1. The number of ketones is 1. The molecule has 2 heterocycles. The van der Waals surface area contributed by atoms with Crippen LogP contribution >= 0.6 is 0 Å². The van der Waals surface area contributed by atoms with E-state index in [9.17, 15) is 19.5 Å². The maximum Gasteiger partial charge on any atom is 0.338 e. The van der Waals surface area contributed by atoms with Crippen LogP contribution in [0.3, 0.4) is 0 Å². The zero-order valence-corrected chi connectivity index (χ0v) is 20.4. The molecule has 37 heavy (non-hydrogen) atoms. The third kappa shape index (κ3) is 4.31. The smallest absolute Gasteiger partial charge is 0.338 e. The third-order valence-corrected chi connectivity index (χ3v) is 6.47. The molecule has 3 aromatic carbocycles. The monoisotopic (exact) mass is 499 g/mol. The van der Waals surface area contributed by atoms with Crippen LogP contribution in [0, 0.1) is 0 Å². The number of ether oxygens (including phenoxy) is 3.